The second kappa shape index (κ2) is 7.15. The van der Waals surface area contributed by atoms with E-state index < -0.39 is 17.7 Å². The number of halogens is 2. The number of nitrogens with one attached hydrogen (secondary N) is 1. The maximum atomic E-state index is 13.3. The van der Waals surface area contributed by atoms with Gasteiger partial charge in [-0.1, -0.05) is 25.1 Å². The highest BCUT2D eigenvalue weighted by Crippen LogP contribution is 2.24. The Bertz CT molecular complexity index is 587. The number of hydrazine groups is 1. The number of hydrogen-bond donors (Lipinski definition) is 2. The normalized spacial score (nSPS) is 12.2. The molecule has 0 fully saturated rings. The molecule has 3 N–H and O–H groups in total. The fourth-order valence-electron chi connectivity index (χ4n) is 2.05. The minimum atomic E-state index is -0.893. The molecule has 112 valence electrons. The summed E-state index contributed by atoms with van der Waals surface area (Å²) in [6.07, 6.45) is 0.934. The molecule has 0 aliphatic heterocycles. The standard InChI is InChI=1S/C16H18F2N2O/c1-2-9-21-13-6-3-11(4-7-13)16(20-19)12-5-8-14(17)15(18)10-12/h3-8,10,16,20H,2,9,19H2,1H3. The van der Waals surface area contributed by atoms with E-state index in [2.05, 4.69) is 5.43 Å². The third kappa shape index (κ3) is 3.77. The molecule has 1 atom stereocenters. The first kappa shape index (κ1) is 15.4. The summed E-state index contributed by atoms with van der Waals surface area (Å²) in [5.41, 5.74) is 4.01. The van der Waals surface area contributed by atoms with Crippen molar-refractivity contribution in [2.45, 2.75) is 19.4 Å². The van der Waals surface area contributed by atoms with Gasteiger partial charge in [-0.3, -0.25) is 5.84 Å². The van der Waals surface area contributed by atoms with Crippen LogP contribution in [0.15, 0.2) is 42.5 Å². The quantitative estimate of drug-likeness (QED) is 0.634. The van der Waals surface area contributed by atoms with Crippen molar-refractivity contribution < 1.29 is 13.5 Å². The van der Waals surface area contributed by atoms with E-state index in [0.29, 0.717) is 12.2 Å². The van der Waals surface area contributed by atoms with Crippen LogP contribution >= 0.6 is 0 Å². The molecule has 2 rings (SSSR count). The molecule has 0 aliphatic rings. The smallest absolute Gasteiger partial charge is 0.159 e. The zero-order chi connectivity index (χ0) is 15.2. The summed E-state index contributed by atoms with van der Waals surface area (Å²) in [4.78, 5) is 0. The van der Waals surface area contributed by atoms with Gasteiger partial charge < -0.3 is 4.74 Å². The Balaban J connectivity index is 2.22. The van der Waals surface area contributed by atoms with Gasteiger partial charge in [0.1, 0.15) is 5.75 Å². The molecule has 0 radical (unpaired) electrons. The molecule has 0 saturated heterocycles. The molecule has 0 heterocycles. The summed E-state index contributed by atoms with van der Waals surface area (Å²) in [6.45, 7) is 2.69. The molecule has 0 saturated carbocycles. The highest BCUT2D eigenvalue weighted by atomic mass is 19.2. The van der Waals surface area contributed by atoms with E-state index in [0.717, 1.165) is 29.9 Å². The Labute approximate surface area is 122 Å². The largest absolute Gasteiger partial charge is 0.494 e. The van der Waals surface area contributed by atoms with Crippen molar-refractivity contribution >= 4 is 0 Å². The Morgan fingerprint density at radius 1 is 1.05 bits per heavy atom. The van der Waals surface area contributed by atoms with Crippen LogP contribution in [0, 0.1) is 11.6 Å². The summed E-state index contributed by atoms with van der Waals surface area (Å²) < 4.78 is 31.8. The van der Waals surface area contributed by atoms with Crippen LogP contribution in [0.1, 0.15) is 30.5 Å². The highest BCUT2D eigenvalue weighted by molar-refractivity contribution is 5.35. The maximum Gasteiger partial charge on any atom is 0.159 e. The topological polar surface area (TPSA) is 47.3 Å². The highest BCUT2D eigenvalue weighted by Gasteiger charge is 2.14. The summed E-state index contributed by atoms with van der Waals surface area (Å²) in [5.74, 6) is 4.54. The van der Waals surface area contributed by atoms with E-state index in [9.17, 15) is 8.78 Å². The van der Waals surface area contributed by atoms with Crippen molar-refractivity contribution in [3.63, 3.8) is 0 Å². The van der Waals surface area contributed by atoms with Crippen LogP contribution in [0.5, 0.6) is 5.75 Å². The van der Waals surface area contributed by atoms with E-state index in [1.165, 1.54) is 6.07 Å². The van der Waals surface area contributed by atoms with Gasteiger partial charge in [0.25, 0.3) is 0 Å². The number of hydrogen-bond acceptors (Lipinski definition) is 3. The Kier molecular flexibility index (Phi) is 5.25. The molecule has 0 amide bonds. The molecule has 0 aliphatic carbocycles. The number of benzene rings is 2. The van der Waals surface area contributed by atoms with Crippen LogP contribution in [0.25, 0.3) is 0 Å². The molecule has 3 nitrogen and oxygen atoms in total. The van der Waals surface area contributed by atoms with Crippen LogP contribution in [0.2, 0.25) is 0 Å². The summed E-state index contributed by atoms with van der Waals surface area (Å²) in [5, 5.41) is 0. The third-order valence-electron chi connectivity index (χ3n) is 3.13. The SMILES string of the molecule is CCCOc1ccc(C(NN)c2ccc(F)c(F)c2)cc1. The van der Waals surface area contributed by atoms with Gasteiger partial charge in [-0.25, -0.2) is 14.2 Å². The van der Waals surface area contributed by atoms with Crippen LogP contribution < -0.4 is 16.0 Å². The zero-order valence-electron chi connectivity index (χ0n) is 11.8. The van der Waals surface area contributed by atoms with Gasteiger partial charge >= 0.3 is 0 Å². The molecule has 0 aromatic heterocycles. The van der Waals surface area contributed by atoms with Gasteiger partial charge in [-0.05, 0) is 41.8 Å². The molecule has 2 aromatic carbocycles. The number of rotatable bonds is 6. The molecule has 0 spiro atoms. The lowest BCUT2D eigenvalue weighted by Gasteiger charge is -2.17. The Hall–Kier alpha value is -1.98. The van der Waals surface area contributed by atoms with Gasteiger partial charge in [0.05, 0.1) is 12.6 Å². The van der Waals surface area contributed by atoms with E-state index >= 15 is 0 Å². The predicted molar refractivity (Wildman–Crippen MR) is 77.8 cm³/mol. The van der Waals surface area contributed by atoms with Gasteiger partial charge in [-0.2, -0.15) is 0 Å². The van der Waals surface area contributed by atoms with Crippen molar-refractivity contribution in [3.8, 4) is 5.75 Å². The van der Waals surface area contributed by atoms with Gasteiger partial charge in [0.2, 0.25) is 0 Å². The van der Waals surface area contributed by atoms with Crippen molar-refractivity contribution in [2.24, 2.45) is 5.84 Å². The lowest BCUT2D eigenvalue weighted by Crippen LogP contribution is -2.28. The zero-order valence-corrected chi connectivity index (χ0v) is 11.8. The second-order valence-corrected chi connectivity index (χ2v) is 4.69. The van der Waals surface area contributed by atoms with Crippen LogP contribution in [0.3, 0.4) is 0 Å². The summed E-state index contributed by atoms with van der Waals surface area (Å²) in [7, 11) is 0. The number of nitrogens with two attached hydrogens (primary N) is 1. The molecule has 21 heavy (non-hydrogen) atoms. The molecule has 0 bridgehead atoms. The minimum Gasteiger partial charge on any atom is -0.494 e. The monoisotopic (exact) mass is 292 g/mol. The van der Waals surface area contributed by atoms with Crippen LogP contribution in [0.4, 0.5) is 8.78 Å². The molecular formula is C16H18F2N2O. The van der Waals surface area contributed by atoms with Crippen molar-refractivity contribution in [3.05, 3.63) is 65.2 Å². The summed E-state index contributed by atoms with van der Waals surface area (Å²) in [6, 6.07) is 10.7. The van der Waals surface area contributed by atoms with Crippen molar-refractivity contribution in [1.82, 2.24) is 5.43 Å². The fourth-order valence-corrected chi connectivity index (χ4v) is 2.05. The van der Waals surface area contributed by atoms with Crippen LogP contribution in [-0.4, -0.2) is 6.61 Å². The Morgan fingerprint density at radius 3 is 2.29 bits per heavy atom. The third-order valence-corrected chi connectivity index (χ3v) is 3.13. The molecule has 2 aromatic rings. The Morgan fingerprint density at radius 2 is 1.71 bits per heavy atom. The van der Waals surface area contributed by atoms with Crippen LogP contribution in [-0.2, 0) is 0 Å². The van der Waals surface area contributed by atoms with E-state index in [-0.39, 0.29) is 0 Å². The predicted octanol–water partition coefficient (Wildman–Crippen LogP) is 3.31. The van der Waals surface area contributed by atoms with Crippen molar-refractivity contribution in [2.75, 3.05) is 6.61 Å². The second-order valence-electron chi connectivity index (χ2n) is 4.69. The minimum absolute atomic E-state index is 0.416. The first-order valence-corrected chi connectivity index (χ1v) is 6.79. The van der Waals surface area contributed by atoms with Gasteiger partial charge in [0.15, 0.2) is 11.6 Å². The first-order chi connectivity index (χ1) is 10.2. The first-order valence-electron chi connectivity index (χ1n) is 6.79. The molecule has 1 unspecified atom stereocenters. The molecular weight excluding hydrogens is 274 g/mol. The van der Waals surface area contributed by atoms with E-state index in [1.54, 1.807) is 0 Å². The fraction of sp³-hybridized carbons (Fsp3) is 0.250. The van der Waals surface area contributed by atoms with Crippen molar-refractivity contribution in [1.29, 1.82) is 0 Å². The van der Waals surface area contributed by atoms with Gasteiger partial charge in [-0.15, -0.1) is 0 Å². The number of ether oxygens (including phenoxy) is 1. The lowest BCUT2D eigenvalue weighted by molar-refractivity contribution is 0.317. The van der Waals surface area contributed by atoms with E-state index in [1.807, 2.05) is 31.2 Å². The maximum absolute atomic E-state index is 13.3. The average Bonchev–Trinajstić information content (AvgIpc) is 2.50. The average molecular weight is 292 g/mol. The summed E-state index contributed by atoms with van der Waals surface area (Å²) >= 11 is 0. The molecule has 5 heteroatoms. The lowest BCUT2D eigenvalue weighted by atomic mass is 9.99. The van der Waals surface area contributed by atoms with E-state index in [4.69, 9.17) is 10.6 Å². The van der Waals surface area contributed by atoms with Gasteiger partial charge in [0, 0.05) is 0 Å².